The predicted octanol–water partition coefficient (Wildman–Crippen LogP) is 2.98. The van der Waals surface area contributed by atoms with Crippen molar-refractivity contribution < 1.29 is 21.6 Å². The fourth-order valence-corrected chi connectivity index (χ4v) is 7.68. The lowest BCUT2D eigenvalue weighted by molar-refractivity contribution is 0.242. The molecule has 7 nitrogen and oxygen atoms in total. The van der Waals surface area contributed by atoms with Gasteiger partial charge < -0.3 is 4.74 Å². The molecule has 0 saturated carbocycles. The zero-order chi connectivity index (χ0) is 21.1. The van der Waals surface area contributed by atoms with Gasteiger partial charge in [-0.1, -0.05) is 18.6 Å². The average Bonchev–Trinajstić information content (AvgIpc) is 3.24. The molecule has 10 heteroatoms. The molecule has 1 aliphatic heterocycles. The Balaban J connectivity index is 1.71. The molecule has 160 valence electrons. The van der Waals surface area contributed by atoms with Gasteiger partial charge in [0.15, 0.2) is 0 Å². The molecule has 0 radical (unpaired) electrons. The topological polar surface area (TPSA) is 92.8 Å². The number of thiophene rings is 1. The first-order valence-electron chi connectivity index (χ1n) is 9.45. The fourth-order valence-electron chi connectivity index (χ4n) is 3.54. The summed E-state index contributed by atoms with van der Waals surface area (Å²) in [6, 6.07) is 8.08. The Morgan fingerprint density at radius 2 is 2.00 bits per heavy atom. The third-order valence-corrected chi connectivity index (χ3v) is 9.82. The van der Waals surface area contributed by atoms with Gasteiger partial charge >= 0.3 is 0 Å². The first kappa shape index (κ1) is 22.2. The van der Waals surface area contributed by atoms with E-state index in [1.165, 1.54) is 22.8 Å². The molecule has 1 fully saturated rings. The molecular weight excluding hydrogens is 432 g/mol. The van der Waals surface area contributed by atoms with Crippen molar-refractivity contribution in [2.75, 3.05) is 20.2 Å². The highest BCUT2D eigenvalue weighted by Gasteiger charge is 2.34. The Hall–Kier alpha value is -1.46. The Morgan fingerprint density at radius 3 is 2.69 bits per heavy atom. The zero-order valence-corrected chi connectivity index (χ0v) is 18.9. The quantitative estimate of drug-likeness (QED) is 0.656. The van der Waals surface area contributed by atoms with Gasteiger partial charge in [-0.05, 0) is 55.3 Å². The van der Waals surface area contributed by atoms with Crippen molar-refractivity contribution in [3.63, 3.8) is 0 Å². The van der Waals surface area contributed by atoms with E-state index < -0.39 is 20.0 Å². The van der Waals surface area contributed by atoms with Crippen molar-refractivity contribution in [2.45, 2.75) is 47.8 Å². The average molecular weight is 459 g/mol. The summed E-state index contributed by atoms with van der Waals surface area (Å²) in [6.07, 6.45) is 2.88. The molecule has 2 heterocycles. The lowest BCUT2D eigenvalue weighted by atomic mass is 10.0. The normalized spacial score (nSPS) is 18.6. The van der Waals surface area contributed by atoms with Gasteiger partial charge in [-0.3, -0.25) is 0 Å². The molecule has 1 aromatic heterocycles. The summed E-state index contributed by atoms with van der Waals surface area (Å²) in [5, 5.41) is 1.75. The first-order valence-corrected chi connectivity index (χ1v) is 13.3. The summed E-state index contributed by atoms with van der Waals surface area (Å²) in [7, 11) is -5.88. The number of piperidine rings is 1. The van der Waals surface area contributed by atoms with Crippen LogP contribution in [0.25, 0.3) is 0 Å². The van der Waals surface area contributed by atoms with Gasteiger partial charge in [0.25, 0.3) is 10.0 Å². The minimum Gasteiger partial charge on any atom is -0.495 e. The Morgan fingerprint density at radius 1 is 1.21 bits per heavy atom. The second-order valence-corrected chi connectivity index (χ2v) is 11.8. The predicted molar refractivity (Wildman–Crippen MR) is 113 cm³/mol. The molecule has 0 spiro atoms. The number of rotatable bonds is 8. The number of methoxy groups -OCH3 is 1. The first-order chi connectivity index (χ1) is 13.8. The van der Waals surface area contributed by atoms with Crippen LogP contribution in [0.2, 0.25) is 0 Å². The molecule has 1 saturated heterocycles. The van der Waals surface area contributed by atoms with Crippen LogP contribution in [0, 0.1) is 6.92 Å². The summed E-state index contributed by atoms with van der Waals surface area (Å²) >= 11 is 1.20. The van der Waals surface area contributed by atoms with Crippen LogP contribution in [0.1, 0.15) is 31.2 Å². The monoisotopic (exact) mass is 458 g/mol. The lowest BCUT2D eigenvalue weighted by Crippen LogP contribution is -2.44. The molecule has 2 aromatic rings. The van der Waals surface area contributed by atoms with Crippen LogP contribution in [0.4, 0.5) is 0 Å². The number of ether oxygens (including phenoxy) is 1. The van der Waals surface area contributed by atoms with Gasteiger partial charge in [-0.2, -0.15) is 4.31 Å². The van der Waals surface area contributed by atoms with Gasteiger partial charge in [-0.15, -0.1) is 11.3 Å². The van der Waals surface area contributed by atoms with Gasteiger partial charge in [0.05, 0.1) is 7.11 Å². The molecule has 1 N–H and O–H groups in total. The van der Waals surface area contributed by atoms with Crippen molar-refractivity contribution in [1.82, 2.24) is 9.03 Å². The van der Waals surface area contributed by atoms with Gasteiger partial charge in [0.2, 0.25) is 10.0 Å². The van der Waals surface area contributed by atoms with Crippen LogP contribution < -0.4 is 9.46 Å². The minimum absolute atomic E-state index is 0.0895. The molecule has 1 aromatic carbocycles. The smallest absolute Gasteiger partial charge is 0.252 e. The van der Waals surface area contributed by atoms with Crippen molar-refractivity contribution in [2.24, 2.45) is 0 Å². The molecule has 0 bridgehead atoms. The number of nitrogens with zero attached hydrogens (tertiary/aromatic N) is 1. The summed E-state index contributed by atoms with van der Waals surface area (Å²) < 4.78 is 61.0. The highest BCUT2D eigenvalue weighted by molar-refractivity contribution is 7.91. The molecule has 3 rings (SSSR count). The van der Waals surface area contributed by atoms with E-state index in [1.54, 1.807) is 35.7 Å². The standard InChI is InChI=1S/C19H26N2O5S3/c1-15-8-9-17(26-2)18(14-15)28(22,23)20-11-10-16-6-3-4-12-21(16)29(24,25)19-7-5-13-27-19/h5,7-9,13-14,16,20H,3-4,6,10-12H2,1-2H3. The zero-order valence-electron chi connectivity index (χ0n) is 16.5. The maximum atomic E-state index is 12.9. The van der Waals surface area contributed by atoms with E-state index in [-0.39, 0.29) is 23.2 Å². The van der Waals surface area contributed by atoms with Crippen LogP contribution in [0.15, 0.2) is 44.8 Å². The number of benzene rings is 1. The number of aryl methyl sites for hydroxylation is 1. The third-order valence-electron chi connectivity index (χ3n) is 5.01. The maximum absolute atomic E-state index is 12.9. The van der Waals surface area contributed by atoms with E-state index in [2.05, 4.69) is 4.72 Å². The Bertz CT molecular complexity index is 1030. The summed E-state index contributed by atoms with van der Waals surface area (Å²) in [5.41, 5.74) is 0.812. The number of sulfonamides is 2. The van der Waals surface area contributed by atoms with Crippen LogP contribution in [-0.2, 0) is 20.0 Å². The largest absolute Gasteiger partial charge is 0.495 e. The van der Waals surface area contributed by atoms with Crippen molar-refractivity contribution >= 4 is 31.4 Å². The van der Waals surface area contributed by atoms with Crippen molar-refractivity contribution in [3.05, 3.63) is 41.3 Å². The van der Waals surface area contributed by atoms with Crippen LogP contribution in [0.5, 0.6) is 5.75 Å². The van der Waals surface area contributed by atoms with Gasteiger partial charge in [0, 0.05) is 19.1 Å². The number of hydrogen-bond acceptors (Lipinski definition) is 6. The van der Waals surface area contributed by atoms with Crippen molar-refractivity contribution in [3.8, 4) is 5.75 Å². The summed E-state index contributed by atoms with van der Waals surface area (Å²) in [5.74, 6) is 0.280. The van der Waals surface area contributed by atoms with E-state index in [9.17, 15) is 16.8 Å². The van der Waals surface area contributed by atoms with Crippen molar-refractivity contribution in [1.29, 1.82) is 0 Å². The third kappa shape index (κ3) is 5.00. The summed E-state index contributed by atoms with van der Waals surface area (Å²) in [4.78, 5) is 0.0895. The maximum Gasteiger partial charge on any atom is 0.252 e. The van der Waals surface area contributed by atoms with E-state index in [0.717, 1.165) is 24.8 Å². The molecule has 1 unspecified atom stereocenters. The highest BCUT2D eigenvalue weighted by atomic mass is 32.2. The van der Waals surface area contributed by atoms with Crippen LogP contribution in [-0.4, -0.2) is 47.4 Å². The molecule has 1 aliphatic rings. The van der Waals surface area contributed by atoms with E-state index in [0.29, 0.717) is 17.2 Å². The molecule has 1 atom stereocenters. The van der Waals surface area contributed by atoms with E-state index in [1.807, 2.05) is 6.92 Å². The van der Waals surface area contributed by atoms with Crippen LogP contribution in [0.3, 0.4) is 0 Å². The molecule has 0 amide bonds. The Labute approximate surface area is 176 Å². The highest BCUT2D eigenvalue weighted by Crippen LogP contribution is 2.29. The van der Waals surface area contributed by atoms with Gasteiger partial charge in [-0.25, -0.2) is 21.6 Å². The number of hydrogen-bond donors (Lipinski definition) is 1. The second-order valence-electron chi connectivity index (χ2n) is 7.04. The van der Waals surface area contributed by atoms with E-state index in [4.69, 9.17) is 4.74 Å². The summed E-state index contributed by atoms with van der Waals surface area (Å²) in [6.45, 7) is 2.43. The van der Waals surface area contributed by atoms with Gasteiger partial charge in [0.1, 0.15) is 14.9 Å². The molecule has 29 heavy (non-hydrogen) atoms. The SMILES string of the molecule is COc1ccc(C)cc1S(=O)(=O)NCCC1CCCCN1S(=O)(=O)c1cccs1. The minimum atomic E-state index is -3.76. The molecule has 0 aliphatic carbocycles. The second kappa shape index (κ2) is 9.13. The van der Waals surface area contributed by atoms with Crippen LogP contribution >= 0.6 is 11.3 Å². The molecular formula is C19H26N2O5S3. The Kier molecular flexibility index (Phi) is 7.00. The lowest BCUT2D eigenvalue weighted by Gasteiger charge is -2.34. The fraction of sp³-hybridized carbons (Fsp3) is 0.474. The number of nitrogens with one attached hydrogen (secondary N) is 1. The van der Waals surface area contributed by atoms with E-state index >= 15 is 0 Å².